The number of nitrogens with zero attached hydrogens (tertiary/aromatic N) is 1. The minimum Gasteiger partial charge on any atom is -0.394 e. The third-order valence-electron chi connectivity index (χ3n) is 6.12. The van der Waals surface area contributed by atoms with Gasteiger partial charge in [-0.1, -0.05) is 30.3 Å². The molecule has 0 aliphatic carbocycles. The van der Waals surface area contributed by atoms with Gasteiger partial charge in [0.2, 0.25) is 23.6 Å². The molecule has 0 saturated carbocycles. The molecular formula is C24H36N4O10. The van der Waals surface area contributed by atoms with Crippen LogP contribution in [0.1, 0.15) is 19.4 Å². The zero-order chi connectivity index (χ0) is 28.6. The molecule has 1 fully saturated rings. The van der Waals surface area contributed by atoms with E-state index >= 15 is 0 Å². The van der Waals surface area contributed by atoms with Crippen LogP contribution in [-0.2, 0) is 35.1 Å². The van der Waals surface area contributed by atoms with E-state index in [-0.39, 0.29) is 6.42 Å². The number of primary amides is 1. The van der Waals surface area contributed by atoms with Gasteiger partial charge in [0.1, 0.15) is 42.5 Å². The number of likely N-dealkylation sites (N-methyl/N-ethyl adjacent to an activating group) is 1. The lowest BCUT2D eigenvalue weighted by Gasteiger charge is -2.40. The van der Waals surface area contributed by atoms with Crippen molar-refractivity contribution in [2.24, 2.45) is 5.73 Å². The fraction of sp³-hybridized carbons (Fsp3) is 0.583. The average Bonchev–Trinajstić information content (AvgIpc) is 2.88. The molecule has 14 heteroatoms. The summed E-state index contributed by atoms with van der Waals surface area (Å²) in [5.74, 6) is -2.81. The van der Waals surface area contributed by atoms with Crippen molar-refractivity contribution >= 4 is 23.6 Å². The van der Waals surface area contributed by atoms with E-state index in [4.69, 9.17) is 15.2 Å². The first-order valence-electron chi connectivity index (χ1n) is 12.0. The number of benzene rings is 1. The van der Waals surface area contributed by atoms with E-state index in [1.54, 1.807) is 30.3 Å². The van der Waals surface area contributed by atoms with Crippen molar-refractivity contribution in [2.45, 2.75) is 69.1 Å². The molecule has 4 amide bonds. The maximum atomic E-state index is 13.5. The van der Waals surface area contributed by atoms with Crippen molar-refractivity contribution in [3.63, 3.8) is 0 Å². The minimum atomic E-state index is -1.74. The van der Waals surface area contributed by atoms with Crippen molar-refractivity contribution in [1.29, 1.82) is 0 Å². The van der Waals surface area contributed by atoms with Crippen LogP contribution in [-0.4, -0.2) is 118 Å². The predicted octanol–water partition coefficient (Wildman–Crippen LogP) is -3.63. The number of rotatable bonds is 12. The number of nitrogens with two attached hydrogens (primary N) is 1. The Morgan fingerprint density at radius 1 is 1.08 bits per heavy atom. The largest absolute Gasteiger partial charge is 0.394 e. The van der Waals surface area contributed by atoms with E-state index in [2.05, 4.69) is 10.6 Å². The first-order chi connectivity index (χ1) is 17.9. The third kappa shape index (κ3) is 8.18. The summed E-state index contributed by atoms with van der Waals surface area (Å²) in [5, 5.41) is 44.4. The predicted molar refractivity (Wildman–Crippen MR) is 131 cm³/mol. The maximum absolute atomic E-state index is 13.5. The summed E-state index contributed by atoms with van der Waals surface area (Å²) in [5.41, 5.74) is 6.30. The summed E-state index contributed by atoms with van der Waals surface area (Å²) < 4.78 is 10.8. The molecule has 1 saturated heterocycles. The lowest BCUT2D eigenvalue weighted by atomic mass is 9.99. The van der Waals surface area contributed by atoms with Gasteiger partial charge in [0, 0.05) is 20.4 Å². The second kappa shape index (κ2) is 14.1. The fourth-order valence-corrected chi connectivity index (χ4v) is 3.90. The highest BCUT2D eigenvalue weighted by atomic mass is 16.7. The summed E-state index contributed by atoms with van der Waals surface area (Å²) >= 11 is 0. The number of amides is 4. The van der Waals surface area contributed by atoms with Crippen molar-refractivity contribution in [3.05, 3.63) is 35.9 Å². The second-order valence-corrected chi connectivity index (χ2v) is 9.07. The molecule has 1 heterocycles. The molecule has 2 rings (SSSR count). The van der Waals surface area contributed by atoms with Gasteiger partial charge in [0.25, 0.3) is 0 Å². The van der Waals surface area contributed by atoms with Gasteiger partial charge < -0.3 is 51.2 Å². The Morgan fingerprint density at radius 2 is 1.71 bits per heavy atom. The monoisotopic (exact) mass is 540 g/mol. The van der Waals surface area contributed by atoms with Crippen molar-refractivity contribution in [3.8, 4) is 0 Å². The molecule has 1 aromatic rings. The van der Waals surface area contributed by atoms with Gasteiger partial charge >= 0.3 is 0 Å². The minimum absolute atomic E-state index is 0.0922. The van der Waals surface area contributed by atoms with E-state index in [0.29, 0.717) is 0 Å². The van der Waals surface area contributed by atoms with Crippen LogP contribution in [0.2, 0.25) is 0 Å². The van der Waals surface area contributed by atoms with Crippen LogP contribution in [0.15, 0.2) is 30.3 Å². The van der Waals surface area contributed by atoms with Gasteiger partial charge in [-0.15, -0.1) is 0 Å². The summed E-state index contributed by atoms with van der Waals surface area (Å²) in [6.45, 7) is 1.30. The number of nitrogens with one attached hydrogen (secondary N) is 2. The molecule has 0 bridgehead atoms. The Labute approximate surface area is 219 Å². The van der Waals surface area contributed by atoms with Crippen LogP contribution < -0.4 is 16.4 Å². The first kappa shape index (κ1) is 31.1. The lowest BCUT2D eigenvalue weighted by Crippen LogP contribution is -2.61. The number of carbonyl (C=O) groups is 4. The quantitative estimate of drug-likeness (QED) is 0.138. The van der Waals surface area contributed by atoms with Crippen LogP contribution in [0.25, 0.3) is 0 Å². The molecule has 14 nitrogen and oxygen atoms in total. The van der Waals surface area contributed by atoms with Crippen LogP contribution in [0.5, 0.6) is 0 Å². The van der Waals surface area contributed by atoms with Crippen LogP contribution in [0.4, 0.5) is 0 Å². The third-order valence-corrected chi connectivity index (χ3v) is 6.12. The summed E-state index contributed by atoms with van der Waals surface area (Å²) in [6, 6.07) is 5.24. The molecule has 38 heavy (non-hydrogen) atoms. The molecule has 212 valence electrons. The van der Waals surface area contributed by atoms with E-state index in [0.717, 1.165) is 10.5 Å². The van der Waals surface area contributed by atoms with E-state index in [1.807, 2.05) is 0 Å². The van der Waals surface area contributed by atoms with E-state index in [9.17, 15) is 39.6 Å². The number of carbonyl (C=O) groups excluding carboxylic acids is 4. The molecule has 1 aliphatic heterocycles. The Morgan fingerprint density at radius 3 is 2.26 bits per heavy atom. The second-order valence-electron chi connectivity index (χ2n) is 9.07. The fourth-order valence-electron chi connectivity index (χ4n) is 3.90. The molecule has 8 atom stereocenters. The van der Waals surface area contributed by atoms with Gasteiger partial charge in [-0.25, -0.2) is 0 Å². The summed E-state index contributed by atoms with van der Waals surface area (Å²) in [4.78, 5) is 50.8. The number of hydrogen-bond donors (Lipinski definition) is 7. The molecule has 0 spiro atoms. The molecule has 0 radical (unpaired) electrons. The number of hydrogen-bond acceptors (Lipinski definition) is 10. The molecule has 1 aliphatic rings. The molecule has 1 aromatic carbocycles. The number of aliphatic hydroxyl groups excluding tert-OH is 4. The highest BCUT2D eigenvalue weighted by molar-refractivity contribution is 5.93. The van der Waals surface area contributed by atoms with Crippen molar-refractivity contribution in [2.75, 3.05) is 20.3 Å². The van der Waals surface area contributed by atoms with Crippen LogP contribution in [0, 0.1) is 0 Å². The van der Waals surface area contributed by atoms with E-state index in [1.165, 1.54) is 20.9 Å². The van der Waals surface area contributed by atoms with Gasteiger partial charge in [-0.3, -0.25) is 19.2 Å². The Bertz CT molecular complexity index is 963. The first-order valence-corrected chi connectivity index (χ1v) is 12.0. The highest BCUT2D eigenvalue weighted by Crippen LogP contribution is 2.22. The average molecular weight is 541 g/mol. The molecule has 0 unspecified atom stereocenters. The maximum Gasteiger partial charge on any atom is 0.247 e. The summed E-state index contributed by atoms with van der Waals surface area (Å²) in [7, 11) is 1.32. The highest BCUT2D eigenvalue weighted by Gasteiger charge is 2.44. The Hall–Kier alpha value is -3.14. The van der Waals surface area contributed by atoms with E-state index < -0.39 is 85.7 Å². The lowest BCUT2D eigenvalue weighted by molar-refractivity contribution is -0.301. The Kier molecular flexibility index (Phi) is 11.6. The zero-order valence-corrected chi connectivity index (χ0v) is 21.4. The Balaban J connectivity index is 2.24. The van der Waals surface area contributed by atoms with Gasteiger partial charge in [-0.05, 0) is 12.5 Å². The smallest absolute Gasteiger partial charge is 0.247 e. The molecule has 8 N–H and O–H groups in total. The van der Waals surface area contributed by atoms with Gasteiger partial charge in [0.15, 0.2) is 6.29 Å². The van der Waals surface area contributed by atoms with Crippen molar-refractivity contribution < 1.29 is 49.1 Å². The normalized spacial score (nSPS) is 25.5. The SMILES string of the molecule is CC(=O)N[C@@H](C)C(=O)N[C@@H](CO[C@@H]1O[C@H](CO)[C@H](O)[C@H](O)[C@H]1O)C(=O)N(C)[C@@H](Cc1ccccc1)C(N)=O. The van der Waals surface area contributed by atoms with Gasteiger partial charge in [0.05, 0.1) is 13.2 Å². The summed E-state index contributed by atoms with van der Waals surface area (Å²) in [6.07, 6.45) is -7.82. The standard InChI is InChI=1S/C24H36N4O10/c1-12(26-13(2)30)22(35)27-15(11-37-24-20(33)19(32)18(31)17(10-29)38-24)23(36)28(3)16(21(25)34)9-14-7-5-4-6-8-14/h4-8,12,15-20,24,29,31-33H,9-11H2,1-3H3,(H2,25,34)(H,26,30)(H,27,35)/t12-,15-,16-,17+,18-,19-,20+,24+/m0/s1. The van der Waals surface area contributed by atoms with Crippen molar-refractivity contribution in [1.82, 2.24) is 15.5 Å². The zero-order valence-electron chi connectivity index (χ0n) is 21.4. The van der Waals surface area contributed by atoms with Gasteiger partial charge in [-0.2, -0.15) is 0 Å². The van der Waals surface area contributed by atoms with Crippen LogP contribution in [0.3, 0.4) is 0 Å². The molecular weight excluding hydrogens is 504 g/mol. The number of ether oxygens (including phenoxy) is 2. The topological polar surface area (TPSA) is 221 Å². The molecule has 0 aromatic heterocycles. The number of aliphatic hydroxyl groups is 4. The van der Waals surface area contributed by atoms with Crippen LogP contribution >= 0.6 is 0 Å².